The molecule has 114 valence electrons. The van der Waals surface area contributed by atoms with Gasteiger partial charge in [0.2, 0.25) is 0 Å². The van der Waals surface area contributed by atoms with Gasteiger partial charge in [0.25, 0.3) is 0 Å². The Labute approximate surface area is 133 Å². The molecule has 4 rings (SSSR count). The van der Waals surface area contributed by atoms with E-state index in [4.69, 9.17) is 9.72 Å². The predicted octanol–water partition coefficient (Wildman–Crippen LogP) is 3.99. The maximum absolute atomic E-state index is 11.8. The summed E-state index contributed by atoms with van der Waals surface area (Å²) in [6, 6.07) is 16.0. The van der Waals surface area contributed by atoms with Gasteiger partial charge in [-0.05, 0) is 36.8 Å². The van der Waals surface area contributed by atoms with Crippen molar-refractivity contribution in [3.63, 3.8) is 0 Å². The number of hydrogen-bond donors (Lipinski definition) is 0. The summed E-state index contributed by atoms with van der Waals surface area (Å²) in [6.45, 7) is 2.09. The number of nitrogens with zero attached hydrogens (tertiary/aromatic N) is 2. The van der Waals surface area contributed by atoms with Gasteiger partial charge in [0.05, 0.1) is 40.4 Å². The second kappa shape index (κ2) is 5.09. The first-order valence-electron chi connectivity index (χ1n) is 7.64. The van der Waals surface area contributed by atoms with Gasteiger partial charge in [-0.15, -0.1) is 0 Å². The number of ether oxygens (including phenoxy) is 1. The molecule has 0 fully saturated rings. The van der Waals surface area contributed by atoms with Crippen LogP contribution < -0.4 is 0 Å². The molecular formula is C19H16N2O2. The van der Waals surface area contributed by atoms with Crippen LogP contribution in [0.25, 0.3) is 27.5 Å². The molecule has 4 heteroatoms. The number of esters is 1. The molecule has 23 heavy (non-hydrogen) atoms. The van der Waals surface area contributed by atoms with E-state index in [1.807, 2.05) is 18.2 Å². The molecule has 0 atom stereocenters. The number of para-hydroxylation sites is 1. The minimum absolute atomic E-state index is 0.343. The number of aromatic nitrogens is 2. The van der Waals surface area contributed by atoms with Gasteiger partial charge in [0, 0.05) is 5.39 Å². The highest BCUT2D eigenvalue weighted by molar-refractivity contribution is 5.97. The highest BCUT2D eigenvalue weighted by atomic mass is 16.5. The van der Waals surface area contributed by atoms with Crippen LogP contribution in [0.1, 0.15) is 23.0 Å². The quantitative estimate of drug-likeness (QED) is 0.526. The van der Waals surface area contributed by atoms with Crippen LogP contribution in [0.15, 0.2) is 48.5 Å². The van der Waals surface area contributed by atoms with Crippen molar-refractivity contribution in [3.05, 3.63) is 59.8 Å². The Kier molecular flexibility index (Phi) is 3.05. The van der Waals surface area contributed by atoms with E-state index >= 15 is 0 Å². The molecule has 2 aromatic carbocycles. The van der Waals surface area contributed by atoms with Crippen molar-refractivity contribution in [1.82, 2.24) is 9.38 Å². The number of fused-ring (bicyclic) bond motifs is 5. The van der Waals surface area contributed by atoms with E-state index < -0.39 is 0 Å². The van der Waals surface area contributed by atoms with Gasteiger partial charge in [-0.1, -0.05) is 25.1 Å². The van der Waals surface area contributed by atoms with E-state index in [1.165, 1.54) is 12.5 Å². The Hall–Kier alpha value is -2.88. The Balaban J connectivity index is 2.16. The van der Waals surface area contributed by atoms with Crippen molar-refractivity contribution < 1.29 is 9.53 Å². The van der Waals surface area contributed by atoms with Gasteiger partial charge >= 0.3 is 5.97 Å². The lowest BCUT2D eigenvalue weighted by atomic mass is 10.1. The molecule has 0 spiro atoms. The molecule has 0 aliphatic rings. The Morgan fingerprint density at radius 2 is 1.91 bits per heavy atom. The topological polar surface area (TPSA) is 43.6 Å². The molecule has 0 aliphatic heterocycles. The maximum atomic E-state index is 11.8. The van der Waals surface area contributed by atoms with Crippen molar-refractivity contribution in [1.29, 1.82) is 0 Å². The highest BCUT2D eigenvalue weighted by Crippen LogP contribution is 2.27. The summed E-state index contributed by atoms with van der Waals surface area (Å²) in [5.41, 5.74) is 5.60. The molecular weight excluding hydrogens is 288 g/mol. The molecule has 0 aliphatic carbocycles. The summed E-state index contributed by atoms with van der Waals surface area (Å²) in [7, 11) is 1.39. The van der Waals surface area contributed by atoms with Crippen LogP contribution in [0.5, 0.6) is 0 Å². The van der Waals surface area contributed by atoms with Crippen LogP contribution in [-0.4, -0.2) is 22.5 Å². The van der Waals surface area contributed by atoms with Crippen molar-refractivity contribution in [2.24, 2.45) is 0 Å². The Morgan fingerprint density at radius 1 is 1.09 bits per heavy atom. The highest BCUT2D eigenvalue weighted by Gasteiger charge is 2.13. The number of carbonyl (C=O) groups is 1. The van der Waals surface area contributed by atoms with Crippen LogP contribution in [0.4, 0.5) is 0 Å². The van der Waals surface area contributed by atoms with Gasteiger partial charge in [-0.25, -0.2) is 9.78 Å². The molecule has 2 heterocycles. The predicted molar refractivity (Wildman–Crippen MR) is 90.9 cm³/mol. The minimum atomic E-state index is -0.343. The molecule has 0 unspecified atom stereocenters. The summed E-state index contributed by atoms with van der Waals surface area (Å²) in [5, 5.41) is 1.19. The molecule has 2 aromatic heterocycles. The van der Waals surface area contributed by atoms with E-state index in [2.05, 4.69) is 29.5 Å². The first-order valence-corrected chi connectivity index (χ1v) is 7.64. The number of methoxy groups -OCH3 is 1. The number of aryl methyl sites for hydroxylation is 1. The average molecular weight is 304 g/mol. The zero-order chi connectivity index (χ0) is 16.0. The van der Waals surface area contributed by atoms with Crippen molar-refractivity contribution in [3.8, 4) is 0 Å². The second-order valence-corrected chi connectivity index (χ2v) is 5.53. The SMILES string of the molecule is CCc1nc2cc(C(=O)OC)ccc2n2c1cc1ccccc12. The largest absolute Gasteiger partial charge is 0.465 e. The first-order chi connectivity index (χ1) is 11.2. The third kappa shape index (κ3) is 1.99. The fourth-order valence-electron chi connectivity index (χ4n) is 3.14. The van der Waals surface area contributed by atoms with Gasteiger partial charge in [-0.3, -0.25) is 0 Å². The summed E-state index contributed by atoms with van der Waals surface area (Å²) in [5.74, 6) is -0.343. The smallest absolute Gasteiger partial charge is 0.337 e. The molecule has 0 saturated heterocycles. The molecule has 0 N–H and O–H groups in total. The zero-order valence-electron chi connectivity index (χ0n) is 13.0. The van der Waals surface area contributed by atoms with E-state index in [0.29, 0.717) is 5.56 Å². The van der Waals surface area contributed by atoms with Gasteiger partial charge in [-0.2, -0.15) is 0 Å². The minimum Gasteiger partial charge on any atom is -0.465 e. The zero-order valence-corrected chi connectivity index (χ0v) is 13.0. The summed E-state index contributed by atoms with van der Waals surface area (Å²) < 4.78 is 7.03. The lowest BCUT2D eigenvalue weighted by Gasteiger charge is -2.09. The van der Waals surface area contributed by atoms with Crippen LogP contribution in [0.3, 0.4) is 0 Å². The standard InChI is InChI=1S/C19H16N2O2/c1-3-14-18-11-12-6-4-5-7-16(12)21(18)17-9-8-13(19(22)23-2)10-15(17)20-14/h4-11H,3H2,1-2H3. The van der Waals surface area contributed by atoms with Crippen molar-refractivity contribution in [2.45, 2.75) is 13.3 Å². The average Bonchev–Trinajstić information content (AvgIpc) is 2.99. The second-order valence-electron chi connectivity index (χ2n) is 5.53. The third-order valence-corrected chi connectivity index (χ3v) is 4.23. The fourth-order valence-corrected chi connectivity index (χ4v) is 3.14. The summed E-state index contributed by atoms with van der Waals surface area (Å²) in [6.07, 6.45) is 0.832. The number of carbonyl (C=O) groups excluding carboxylic acids is 1. The molecule has 0 radical (unpaired) electrons. The summed E-state index contributed by atoms with van der Waals surface area (Å²) in [4.78, 5) is 16.5. The molecule has 0 bridgehead atoms. The summed E-state index contributed by atoms with van der Waals surface area (Å²) >= 11 is 0. The monoisotopic (exact) mass is 304 g/mol. The van der Waals surface area contributed by atoms with E-state index in [1.54, 1.807) is 12.1 Å². The molecule has 4 aromatic rings. The number of rotatable bonds is 2. The van der Waals surface area contributed by atoms with Gasteiger partial charge in [0.1, 0.15) is 0 Å². The van der Waals surface area contributed by atoms with Crippen LogP contribution in [0.2, 0.25) is 0 Å². The maximum Gasteiger partial charge on any atom is 0.337 e. The van der Waals surface area contributed by atoms with Crippen molar-refractivity contribution >= 4 is 33.4 Å². The molecule has 0 amide bonds. The van der Waals surface area contributed by atoms with E-state index in [0.717, 1.165) is 34.2 Å². The Morgan fingerprint density at radius 3 is 2.70 bits per heavy atom. The fraction of sp³-hybridized carbons (Fsp3) is 0.158. The Bertz CT molecular complexity index is 1060. The number of hydrogen-bond acceptors (Lipinski definition) is 3. The van der Waals surface area contributed by atoms with E-state index in [-0.39, 0.29) is 5.97 Å². The normalized spacial score (nSPS) is 11.4. The van der Waals surface area contributed by atoms with Gasteiger partial charge < -0.3 is 9.14 Å². The lowest BCUT2D eigenvalue weighted by Crippen LogP contribution is -2.03. The van der Waals surface area contributed by atoms with E-state index in [9.17, 15) is 4.79 Å². The first kappa shape index (κ1) is 13.8. The van der Waals surface area contributed by atoms with Crippen LogP contribution in [0, 0.1) is 0 Å². The third-order valence-electron chi connectivity index (χ3n) is 4.23. The molecule has 4 nitrogen and oxygen atoms in total. The lowest BCUT2D eigenvalue weighted by molar-refractivity contribution is 0.0601. The van der Waals surface area contributed by atoms with Crippen molar-refractivity contribution in [2.75, 3.05) is 7.11 Å². The molecule has 0 saturated carbocycles. The van der Waals surface area contributed by atoms with Crippen LogP contribution >= 0.6 is 0 Å². The number of benzene rings is 2. The van der Waals surface area contributed by atoms with Gasteiger partial charge in [0.15, 0.2) is 0 Å². The van der Waals surface area contributed by atoms with Crippen LogP contribution in [-0.2, 0) is 11.2 Å².